The first-order valence-electron chi connectivity index (χ1n) is 5.76. The van der Waals surface area contributed by atoms with E-state index in [9.17, 15) is 0 Å². The van der Waals surface area contributed by atoms with Crippen molar-refractivity contribution in [3.05, 3.63) is 28.7 Å². The van der Waals surface area contributed by atoms with Crippen LogP contribution in [-0.4, -0.2) is 10.8 Å². The number of thiocarbonyl (C=S) groups is 1. The number of halogens is 1. The van der Waals surface area contributed by atoms with Gasteiger partial charge in [0.15, 0.2) is 5.11 Å². The maximum atomic E-state index is 5.38. The molecule has 0 aromatic heterocycles. The van der Waals surface area contributed by atoms with E-state index in [0.717, 1.165) is 28.1 Å². The number of hydrogen-bond donors (Lipinski definition) is 2. The Bertz CT molecular complexity index is 414. The molecule has 0 aliphatic carbocycles. The van der Waals surface area contributed by atoms with Gasteiger partial charge in [-0.1, -0.05) is 29.8 Å². The third kappa shape index (κ3) is 2.46. The van der Waals surface area contributed by atoms with Crippen LogP contribution in [-0.2, 0) is 0 Å². The average Bonchev–Trinajstić information content (AvgIpc) is 2.69. The Kier molecular flexibility index (Phi) is 3.70. The summed E-state index contributed by atoms with van der Waals surface area (Å²) >= 11 is 8.81. The first kappa shape index (κ1) is 12.8. The molecule has 92 valence electrons. The van der Waals surface area contributed by atoms with E-state index >= 15 is 0 Å². The molecular weight excluding hydrogens is 298 g/mol. The summed E-state index contributed by atoms with van der Waals surface area (Å²) in [5.41, 5.74) is 4.40. The van der Waals surface area contributed by atoms with Crippen molar-refractivity contribution >= 4 is 38.9 Å². The lowest BCUT2D eigenvalue weighted by atomic mass is 10.1. The van der Waals surface area contributed by atoms with Crippen molar-refractivity contribution in [2.24, 2.45) is 0 Å². The highest BCUT2D eigenvalue weighted by atomic mass is 79.9. The first-order chi connectivity index (χ1) is 8.10. The molecule has 0 unspecified atom stereocenters. The summed E-state index contributed by atoms with van der Waals surface area (Å²) in [4.78, 5) is 0. The fourth-order valence-corrected chi connectivity index (χ4v) is 2.52. The van der Waals surface area contributed by atoms with Gasteiger partial charge in [0.05, 0.1) is 5.69 Å². The van der Waals surface area contributed by atoms with Gasteiger partial charge in [-0.15, -0.1) is 0 Å². The molecule has 17 heavy (non-hydrogen) atoms. The predicted octanol–water partition coefficient (Wildman–Crippen LogP) is 3.16. The Labute approximate surface area is 116 Å². The predicted molar refractivity (Wildman–Crippen MR) is 78.8 cm³/mol. The van der Waals surface area contributed by atoms with Crippen LogP contribution in [0.3, 0.4) is 0 Å². The summed E-state index contributed by atoms with van der Waals surface area (Å²) in [5.74, 6) is 0. The van der Waals surface area contributed by atoms with Crippen molar-refractivity contribution < 1.29 is 0 Å². The summed E-state index contributed by atoms with van der Waals surface area (Å²) in [6.07, 6.45) is 1.97. The Morgan fingerprint density at radius 2 is 1.82 bits per heavy atom. The molecule has 1 aliphatic rings. The Hall–Kier alpha value is -0.650. The van der Waals surface area contributed by atoms with Gasteiger partial charge in [0, 0.05) is 4.47 Å². The quantitative estimate of drug-likeness (QED) is 0.838. The summed E-state index contributed by atoms with van der Waals surface area (Å²) in [7, 11) is 0. The Morgan fingerprint density at radius 3 is 2.29 bits per heavy atom. The second kappa shape index (κ2) is 4.92. The van der Waals surface area contributed by atoms with Crippen molar-refractivity contribution in [3.63, 3.8) is 0 Å². The van der Waals surface area contributed by atoms with E-state index in [-0.39, 0.29) is 5.66 Å². The lowest BCUT2D eigenvalue weighted by molar-refractivity contribution is 0.315. The number of nitrogens with one attached hydrogen (secondary N) is 2. The van der Waals surface area contributed by atoms with E-state index in [1.807, 2.05) is 29.3 Å². The SMILES string of the molecule is CCC1(CC)NC(=S)N(c2ccc(Br)cc2)N1. The minimum absolute atomic E-state index is 0.107. The summed E-state index contributed by atoms with van der Waals surface area (Å²) in [5, 5.41) is 6.04. The normalized spacial score (nSPS) is 18.3. The van der Waals surface area contributed by atoms with Crippen molar-refractivity contribution in [2.45, 2.75) is 32.4 Å². The van der Waals surface area contributed by atoms with Crippen molar-refractivity contribution in [3.8, 4) is 0 Å². The van der Waals surface area contributed by atoms with Gasteiger partial charge in [0.1, 0.15) is 5.66 Å². The monoisotopic (exact) mass is 313 g/mol. The topological polar surface area (TPSA) is 27.3 Å². The third-order valence-corrected chi connectivity index (χ3v) is 3.98. The molecule has 2 N–H and O–H groups in total. The number of hydrazine groups is 1. The van der Waals surface area contributed by atoms with E-state index in [1.54, 1.807) is 0 Å². The fourth-order valence-electron chi connectivity index (χ4n) is 1.91. The molecule has 1 aliphatic heterocycles. The third-order valence-electron chi connectivity index (χ3n) is 3.17. The highest BCUT2D eigenvalue weighted by molar-refractivity contribution is 9.10. The van der Waals surface area contributed by atoms with Crippen molar-refractivity contribution in [1.82, 2.24) is 10.7 Å². The molecule has 1 heterocycles. The first-order valence-corrected chi connectivity index (χ1v) is 6.96. The summed E-state index contributed by atoms with van der Waals surface area (Å²) in [6.45, 7) is 4.30. The second-order valence-corrected chi connectivity index (χ2v) is 5.45. The zero-order chi connectivity index (χ0) is 12.5. The molecule has 2 rings (SSSR count). The number of hydrogen-bond acceptors (Lipinski definition) is 2. The second-order valence-electron chi connectivity index (χ2n) is 4.14. The summed E-state index contributed by atoms with van der Waals surface area (Å²) < 4.78 is 1.07. The van der Waals surface area contributed by atoms with Crippen LogP contribution < -0.4 is 15.8 Å². The fraction of sp³-hybridized carbons (Fsp3) is 0.417. The van der Waals surface area contributed by atoms with Gasteiger partial charge >= 0.3 is 0 Å². The molecule has 3 nitrogen and oxygen atoms in total. The molecular formula is C12H16BrN3S. The van der Waals surface area contributed by atoms with Gasteiger partial charge in [-0.2, -0.15) is 0 Å². The zero-order valence-corrected chi connectivity index (χ0v) is 12.4. The molecule has 1 aromatic carbocycles. The van der Waals surface area contributed by atoms with E-state index in [1.165, 1.54) is 0 Å². The summed E-state index contributed by atoms with van der Waals surface area (Å²) in [6, 6.07) is 8.09. The van der Waals surface area contributed by atoms with Gasteiger partial charge in [0.25, 0.3) is 0 Å². The van der Waals surface area contributed by atoms with Crippen LogP contribution in [0.4, 0.5) is 5.69 Å². The van der Waals surface area contributed by atoms with Crippen molar-refractivity contribution in [1.29, 1.82) is 0 Å². The lowest BCUT2D eigenvalue weighted by Gasteiger charge is -2.27. The maximum Gasteiger partial charge on any atom is 0.189 e. The molecule has 0 radical (unpaired) electrons. The molecule has 0 amide bonds. The standard InChI is InChI=1S/C12H16BrN3S/c1-3-12(4-2)14-11(17)16(15-12)10-7-5-9(13)6-8-10/h5-8,15H,3-4H2,1-2H3,(H,14,17). The number of anilines is 1. The molecule has 0 atom stereocenters. The van der Waals surface area contributed by atoms with Gasteiger partial charge in [-0.05, 0) is 49.3 Å². The molecule has 0 spiro atoms. The van der Waals surface area contributed by atoms with Gasteiger partial charge < -0.3 is 5.32 Å². The molecule has 1 aromatic rings. The smallest absolute Gasteiger partial charge is 0.189 e. The number of rotatable bonds is 3. The van der Waals surface area contributed by atoms with Gasteiger partial charge in [-0.25, -0.2) is 5.43 Å². The average molecular weight is 314 g/mol. The van der Waals surface area contributed by atoms with Crippen LogP contribution >= 0.6 is 28.1 Å². The van der Waals surface area contributed by atoms with Crippen LogP contribution in [0.1, 0.15) is 26.7 Å². The molecule has 1 fully saturated rings. The van der Waals surface area contributed by atoms with Crippen molar-refractivity contribution in [2.75, 3.05) is 5.01 Å². The Morgan fingerprint density at radius 1 is 1.24 bits per heavy atom. The minimum atomic E-state index is -0.107. The van der Waals surface area contributed by atoms with E-state index in [4.69, 9.17) is 12.2 Å². The van der Waals surface area contributed by atoms with Crippen LogP contribution in [0.15, 0.2) is 28.7 Å². The van der Waals surface area contributed by atoms with Crippen LogP contribution in [0.2, 0.25) is 0 Å². The van der Waals surface area contributed by atoms with E-state index in [2.05, 4.69) is 40.5 Å². The number of benzene rings is 1. The Balaban J connectivity index is 2.23. The van der Waals surface area contributed by atoms with Crippen LogP contribution in [0, 0.1) is 0 Å². The van der Waals surface area contributed by atoms with E-state index < -0.39 is 0 Å². The molecule has 0 saturated carbocycles. The molecule has 5 heteroatoms. The van der Waals surface area contributed by atoms with Gasteiger partial charge in [0.2, 0.25) is 0 Å². The number of nitrogens with zero attached hydrogens (tertiary/aromatic N) is 1. The van der Waals surface area contributed by atoms with Gasteiger partial charge in [-0.3, -0.25) is 5.01 Å². The minimum Gasteiger partial charge on any atom is -0.342 e. The molecule has 0 bridgehead atoms. The zero-order valence-electron chi connectivity index (χ0n) is 9.96. The van der Waals surface area contributed by atoms with Crippen LogP contribution in [0.25, 0.3) is 0 Å². The largest absolute Gasteiger partial charge is 0.342 e. The lowest BCUT2D eigenvalue weighted by Crippen LogP contribution is -2.50. The highest BCUT2D eigenvalue weighted by Gasteiger charge is 2.37. The van der Waals surface area contributed by atoms with E-state index in [0.29, 0.717) is 0 Å². The maximum absolute atomic E-state index is 5.38. The highest BCUT2D eigenvalue weighted by Crippen LogP contribution is 2.24. The van der Waals surface area contributed by atoms with Crippen LogP contribution in [0.5, 0.6) is 0 Å². The molecule has 1 saturated heterocycles.